The van der Waals surface area contributed by atoms with E-state index < -0.39 is 5.97 Å². The van der Waals surface area contributed by atoms with E-state index in [1.165, 1.54) is 22.9 Å². The van der Waals surface area contributed by atoms with E-state index in [2.05, 4.69) is 11.4 Å². The lowest BCUT2D eigenvalue weighted by Crippen LogP contribution is -2.17. The van der Waals surface area contributed by atoms with Crippen LogP contribution in [0.3, 0.4) is 0 Å². The summed E-state index contributed by atoms with van der Waals surface area (Å²) in [4.78, 5) is 24.0. The lowest BCUT2D eigenvalue weighted by Gasteiger charge is -2.10. The molecule has 1 N–H and O–H groups in total. The summed E-state index contributed by atoms with van der Waals surface area (Å²) in [6, 6.07) is 15.1. The molecule has 0 bridgehead atoms. The lowest BCUT2D eigenvalue weighted by molar-refractivity contribution is -0.113. The number of carbonyl (C=O) groups is 2. The molecule has 5 heteroatoms. The second kappa shape index (κ2) is 9.13. The second-order valence-electron chi connectivity index (χ2n) is 5.30. The number of thioether (sulfide) groups is 1. The molecule has 0 unspecified atom stereocenters. The molecule has 4 nitrogen and oxygen atoms in total. The SMILES string of the molecule is CCOC(=O)c1ccccc1NC(=O)CSCc1cccc(C)c1. The quantitative estimate of drug-likeness (QED) is 0.771. The van der Waals surface area contributed by atoms with Crippen molar-refractivity contribution in [2.45, 2.75) is 19.6 Å². The molecule has 0 aliphatic carbocycles. The highest BCUT2D eigenvalue weighted by molar-refractivity contribution is 7.99. The third-order valence-corrected chi connectivity index (χ3v) is 4.28. The van der Waals surface area contributed by atoms with Gasteiger partial charge in [0.25, 0.3) is 0 Å². The Bertz CT molecular complexity index is 715. The van der Waals surface area contributed by atoms with E-state index in [1.807, 2.05) is 25.1 Å². The average molecular weight is 343 g/mol. The van der Waals surface area contributed by atoms with Crippen LogP contribution < -0.4 is 5.32 Å². The van der Waals surface area contributed by atoms with Gasteiger partial charge in [-0.3, -0.25) is 4.79 Å². The highest BCUT2D eigenvalue weighted by Crippen LogP contribution is 2.18. The first-order valence-corrected chi connectivity index (χ1v) is 8.95. The van der Waals surface area contributed by atoms with Crippen LogP contribution in [0.1, 0.15) is 28.4 Å². The molecule has 0 aromatic heterocycles. The normalized spacial score (nSPS) is 10.2. The van der Waals surface area contributed by atoms with Gasteiger partial charge in [-0.2, -0.15) is 0 Å². The molecule has 2 aromatic carbocycles. The van der Waals surface area contributed by atoms with Gasteiger partial charge in [-0.1, -0.05) is 42.0 Å². The lowest BCUT2D eigenvalue weighted by atomic mass is 10.2. The van der Waals surface area contributed by atoms with Crippen LogP contribution in [-0.2, 0) is 15.3 Å². The Kier molecular flexibility index (Phi) is 6.88. The van der Waals surface area contributed by atoms with Crippen LogP contribution >= 0.6 is 11.8 Å². The highest BCUT2D eigenvalue weighted by atomic mass is 32.2. The zero-order valence-electron chi connectivity index (χ0n) is 13.9. The molecule has 1 amide bonds. The molecule has 24 heavy (non-hydrogen) atoms. The molecule has 0 radical (unpaired) electrons. The summed E-state index contributed by atoms with van der Waals surface area (Å²) in [7, 11) is 0. The number of para-hydroxylation sites is 1. The molecule has 0 atom stereocenters. The van der Waals surface area contributed by atoms with E-state index in [9.17, 15) is 9.59 Å². The van der Waals surface area contributed by atoms with Gasteiger partial charge in [0.2, 0.25) is 5.91 Å². The van der Waals surface area contributed by atoms with Gasteiger partial charge in [0.1, 0.15) is 0 Å². The highest BCUT2D eigenvalue weighted by Gasteiger charge is 2.13. The van der Waals surface area contributed by atoms with Gasteiger partial charge in [-0.15, -0.1) is 11.8 Å². The van der Waals surface area contributed by atoms with E-state index in [1.54, 1.807) is 31.2 Å². The van der Waals surface area contributed by atoms with Crippen LogP contribution in [0.4, 0.5) is 5.69 Å². The second-order valence-corrected chi connectivity index (χ2v) is 6.28. The Morgan fingerprint density at radius 2 is 1.92 bits per heavy atom. The van der Waals surface area contributed by atoms with E-state index in [0.29, 0.717) is 23.6 Å². The van der Waals surface area contributed by atoms with Crippen molar-refractivity contribution in [3.8, 4) is 0 Å². The molecule has 126 valence electrons. The van der Waals surface area contributed by atoms with Crippen LogP contribution in [0, 0.1) is 6.92 Å². The fourth-order valence-corrected chi connectivity index (χ4v) is 3.00. The first-order chi connectivity index (χ1) is 11.6. The number of ether oxygens (including phenoxy) is 1. The summed E-state index contributed by atoms with van der Waals surface area (Å²) in [5.74, 6) is 0.532. The van der Waals surface area contributed by atoms with Crippen molar-refractivity contribution in [2.75, 3.05) is 17.7 Å². The Hall–Kier alpha value is -2.27. The van der Waals surface area contributed by atoms with E-state index in [0.717, 1.165) is 5.75 Å². The number of carbonyl (C=O) groups excluding carboxylic acids is 2. The van der Waals surface area contributed by atoms with E-state index in [4.69, 9.17) is 4.74 Å². The number of rotatable bonds is 7. The average Bonchev–Trinajstić information content (AvgIpc) is 2.55. The van der Waals surface area contributed by atoms with Gasteiger partial charge in [0, 0.05) is 5.75 Å². The molecular formula is C19H21NO3S. The predicted molar refractivity (Wildman–Crippen MR) is 98.4 cm³/mol. The molecular weight excluding hydrogens is 322 g/mol. The molecule has 0 spiro atoms. The number of amides is 1. The monoisotopic (exact) mass is 343 g/mol. The Morgan fingerprint density at radius 1 is 1.12 bits per heavy atom. The number of benzene rings is 2. The smallest absolute Gasteiger partial charge is 0.340 e. The number of hydrogen-bond acceptors (Lipinski definition) is 4. The first kappa shape index (κ1) is 18.1. The van der Waals surface area contributed by atoms with Crippen molar-refractivity contribution >= 4 is 29.3 Å². The number of anilines is 1. The summed E-state index contributed by atoms with van der Waals surface area (Å²) < 4.78 is 5.00. The summed E-state index contributed by atoms with van der Waals surface area (Å²) in [5.41, 5.74) is 3.26. The van der Waals surface area contributed by atoms with Gasteiger partial charge in [0.05, 0.1) is 23.6 Å². The van der Waals surface area contributed by atoms with Crippen molar-refractivity contribution in [1.82, 2.24) is 0 Å². The molecule has 2 aromatic rings. The topological polar surface area (TPSA) is 55.4 Å². The largest absolute Gasteiger partial charge is 0.462 e. The van der Waals surface area contributed by atoms with Gasteiger partial charge >= 0.3 is 5.97 Å². The Balaban J connectivity index is 1.89. The summed E-state index contributed by atoms with van der Waals surface area (Å²) in [6.07, 6.45) is 0. The molecule has 0 fully saturated rings. The molecule has 0 saturated carbocycles. The van der Waals surface area contributed by atoms with Crippen LogP contribution in [0.2, 0.25) is 0 Å². The molecule has 2 rings (SSSR count). The van der Waals surface area contributed by atoms with Crippen molar-refractivity contribution in [3.05, 3.63) is 65.2 Å². The number of aryl methyl sites for hydroxylation is 1. The number of esters is 1. The van der Waals surface area contributed by atoms with Gasteiger partial charge in [-0.25, -0.2) is 4.79 Å². The van der Waals surface area contributed by atoms with Crippen LogP contribution in [0.5, 0.6) is 0 Å². The van der Waals surface area contributed by atoms with Crippen molar-refractivity contribution < 1.29 is 14.3 Å². The zero-order chi connectivity index (χ0) is 17.4. The van der Waals surface area contributed by atoms with Gasteiger partial charge in [0.15, 0.2) is 0 Å². The molecule has 0 aliphatic heterocycles. The Labute approximate surface area is 146 Å². The predicted octanol–water partition coefficient (Wildman–Crippen LogP) is 4.04. The number of nitrogens with one attached hydrogen (secondary N) is 1. The maximum atomic E-state index is 12.1. The third kappa shape index (κ3) is 5.42. The van der Waals surface area contributed by atoms with Crippen molar-refractivity contribution in [3.63, 3.8) is 0 Å². The maximum Gasteiger partial charge on any atom is 0.340 e. The van der Waals surface area contributed by atoms with Crippen molar-refractivity contribution in [1.29, 1.82) is 0 Å². The van der Waals surface area contributed by atoms with E-state index >= 15 is 0 Å². The minimum Gasteiger partial charge on any atom is -0.462 e. The molecule has 0 saturated heterocycles. The summed E-state index contributed by atoms with van der Waals surface area (Å²) in [6.45, 7) is 4.10. The standard InChI is InChI=1S/C19H21NO3S/c1-3-23-19(22)16-9-4-5-10-17(16)20-18(21)13-24-12-15-8-6-7-14(2)11-15/h4-11H,3,12-13H2,1-2H3,(H,20,21). The minimum atomic E-state index is -0.430. The zero-order valence-corrected chi connectivity index (χ0v) is 14.7. The van der Waals surface area contributed by atoms with Crippen LogP contribution in [0.25, 0.3) is 0 Å². The minimum absolute atomic E-state index is 0.135. The van der Waals surface area contributed by atoms with Crippen molar-refractivity contribution in [2.24, 2.45) is 0 Å². The van der Waals surface area contributed by atoms with Crippen LogP contribution in [-0.4, -0.2) is 24.2 Å². The molecule has 0 heterocycles. The summed E-state index contributed by atoms with van der Waals surface area (Å²) >= 11 is 1.54. The fraction of sp³-hybridized carbons (Fsp3) is 0.263. The van der Waals surface area contributed by atoms with Gasteiger partial charge in [-0.05, 0) is 31.5 Å². The maximum absolute atomic E-state index is 12.1. The van der Waals surface area contributed by atoms with Gasteiger partial charge < -0.3 is 10.1 Å². The third-order valence-electron chi connectivity index (χ3n) is 3.28. The first-order valence-electron chi connectivity index (χ1n) is 7.79. The van der Waals surface area contributed by atoms with Crippen LogP contribution in [0.15, 0.2) is 48.5 Å². The van der Waals surface area contributed by atoms with E-state index in [-0.39, 0.29) is 5.91 Å². The molecule has 0 aliphatic rings. The Morgan fingerprint density at radius 3 is 2.67 bits per heavy atom. The summed E-state index contributed by atoms with van der Waals surface area (Å²) in [5, 5.41) is 2.79. The number of hydrogen-bond donors (Lipinski definition) is 1. The fourth-order valence-electron chi connectivity index (χ4n) is 2.23.